The number of benzene rings is 2. The number of thioether (sulfide) groups is 1. The van der Waals surface area contributed by atoms with Crippen molar-refractivity contribution >= 4 is 57.9 Å². The average molecular weight is 523 g/mol. The normalized spacial score (nSPS) is 16.6. The second-order valence-corrected chi connectivity index (χ2v) is 11.0. The molecule has 1 aromatic heterocycles. The molecule has 1 aliphatic rings. The smallest absolute Gasteiger partial charge is 0.230 e. The summed E-state index contributed by atoms with van der Waals surface area (Å²) < 4.78 is 6.95. The number of thiophene rings is 1. The van der Waals surface area contributed by atoms with E-state index in [0.717, 1.165) is 45.5 Å². The molecule has 1 amide bonds. The Bertz CT molecular complexity index is 1110. The lowest BCUT2D eigenvalue weighted by molar-refractivity contribution is -0.119. The van der Waals surface area contributed by atoms with Crippen molar-refractivity contribution in [3.63, 3.8) is 0 Å². The van der Waals surface area contributed by atoms with Gasteiger partial charge in [0.05, 0.1) is 32.7 Å². The molecule has 1 unspecified atom stereocenters. The number of rotatable bonds is 8. The zero-order valence-electron chi connectivity index (χ0n) is 17.9. The zero-order chi connectivity index (χ0) is 23.2. The second-order valence-electron chi connectivity index (χ2n) is 7.81. The van der Waals surface area contributed by atoms with Crippen LogP contribution in [0.5, 0.6) is 0 Å². The fourth-order valence-corrected chi connectivity index (χ4v) is 5.88. The van der Waals surface area contributed by atoms with Gasteiger partial charge in [0, 0.05) is 36.7 Å². The summed E-state index contributed by atoms with van der Waals surface area (Å²) in [5.41, 5.74) is 8.83. The molecule has 5 nitrogen and oxygen atoms in total. The topological polar surface area (TPSA) is 67.6 Å². The van der Waals surface area contributed by atoms with Crippen molar-refractivity contribution in [2.24, 2.45) is 0 Å². The quantitative estimate of drug-likeness (QED) is 0.306. The standard InChI is InChI=1S/C24H25Cl2N3O2S2/c25-20-5-4-16(10-21(20)26)13-29-8-9-31-19(14-29)12-28-23(30)15-32-24-7-6-22(33-24)17-2-1-3-18(27)11-17/h1-7,10-11,19H,8-9,12-15,27H2,(H,28,30). The van der Waals surface area contributed by atoms with Gasteiger partial charge in [-0.25, -0.2) is 0 Å². The third-order valence-corrected chi connectivity index (χ3v) is 8.34. The van der Waals surface area contributed by atoms with Gasteiger partial charge in [-0.15, -0.1) is 23.1 Å². The van der Waals surface area contributed by atoms with E-state index in [1.807, 2.05) is 48.5 Å². The number of carbonyl (C=O) groups excluding carboxylic acids is 1. The molecule has 2 aromatic carbocycles. The number of hydrogen-bond donors (Lipinski definition) is 2. The highest BCUT2D eigenvalue weighted by molar-refractivity contribution is 8.01. The first-order valence-electron chi connectivity index (χ1n) is 10.6. The Labute approximate surface area is 212 Å². The number of halogens is 2. The first kappa shape index (κ1) is 24.4. The Balaban J connectivity index is 1.21. The maximum Gasteiger partial charge on any atom is 0.230 e. The average Bonchev–Trinajstić information content (AvgIpc) is 3.28. The van der Waals surface area contributed by atoms with Crippen LogP contribution < -0.4 is 11.1 Å². The summed E-state index contributed by atoms with van der Waals surface area (Å²) in [5, 5.41) is 4.13. The molecule has 0 aliphatic carbocycles. The number of morpholine rings is 1. The number of anilines is 1. The molecule has 3 N–H and O–H groups in total. The molecule has 3 aromatic rings. The van der Waals surface area contributed by atoms with Crippen LogP contribution in [0.3, 0.4) is 0 Å². The molecule has 1 saturated heterocycles. The Morgan fingerprint density at radius 3 is 2.88 bits per heavy atom. The SMILES string of the molecule is Nc1cccc(-c2ccc(SCC(=O)NCC3CN(Cc4ccc(Cl)c(Cl)c4)CCO3)s2)c1. The fourth-order valence-electron chi connectivity index (χ4n) is 3.60. The number of nitrogens with one attached hydrogen (secondary N) is 1. The number of carbonyl (C=O) groups is 1. The summed E-state index contributed by atoms with van der Waals surface area (Å²) in [4.78, 5) is 15.8. The summed E-state index contributed by atoms with van der Waals surface area (Å²) >= 11 is 15.3. The maximum atomic E-state index is 12.4. The Morgan fingerprint density at radius 1 is 1.18 bits per heavy atom. The Hall–Kier alpha value is -1.74. The van der Waals surface area contributed by atoms with Crippen LogP contribution >= 0.6 is 46.3 Å². The number of nitrogen functional groups attached to an aromatic ring is 1. The third-order valence-electron chi connectivity index (χ3n) is 5.24. The molecule has 33 heavy (non-hydrogen) atoms. The van der Waals surface area contributed by atoms with E-state index in [9.17, 15) is 4.79 Å². The highest BCUT2D eigenvalue weighted by Crippen LogP contribution is 2.34. The van der Waals surface area contributed by atoms with Crippen molar-refractivity contribution in [3.05, 3.63) is 70.2 Å². The molecule has 0 saturated carbocycles. The van der Waals surface area contributed by atoms with Crippen LogP contribution in [-0.4, -0.2) is 48.9 Å². The van der Waals surface area contributed by atoms with E-state index in [-0.39, 0.29) is 12.0 Å². The summed E-state index contributed by atoms with van der Waals surface area (Å²) in [7, 11) is 0. The van der Waals surface area contributed by atoms with Crippen molar-refractivity contribution in [3.8, 4) is 10.4 Å². The van der Waals surface area contributed by atoms with Crippen LogP contribution in [0.15, 0.2) is 58.8 Å². The van der Waals surface area contributed by atoms with Gasteiger partial charge < -0.3 is 15.8 Å². The van der Waals surface area contributed by atoms with Crippen molar-refractivity contribution in [2.75, 3.05) is 37.7 Å². The Kier molecular flexibility index (Phi) is 8.57. The van der Waals surface area contributed by atoms with Crippen molar-refractivity contribution in [2.45, 2.75) is 16.9 Å². The predicted octanol–water partition coefficient (Wildman–Crippen LogP) is 5.41. The predicted molar refractivity (Wildman–Crippen MR) is 139 cm³/mol. The van der Waals surface area contributed by atoms with Crippen molar-refractivity contribution in [1.82, 2.24) is 10.2 Å². The molecular weight excluding hydrogens is 497 g/mol. The molecule has 1 aliphatic heterocycles. The largest absolute Gasteiger partial charge is 0.399 e. The molecule has 174 valence electrons. The molecule has 1 fully saturated rings. The lowest BCUT2D eigenvalue weighted by Gasteiger charge is -2.33. The first-order chi connectivity index (χ1) is 16.0. The molecule has 9 heteroatoms. The molecule has 2 heterocycles. The van der Waals surface area contributed by atoms with Crippen LogP contribution in [-0.2, 0) is 16.1 Å². The molecule has 0 bridgehead atoms. The van der Waals surface area contributed by atoms with Crippen LogP contribution in [0.1, 0.15) is 5.56 Å². The molecule has 4 rings (SSSR count). The van der Waals surface area contributed by atoms with Crippen LogP contribution in [0.2, 0.25) is 10.0 Å². The minimum atomic E-state index is -0.0349. The van der Waals surface area contributed by atoms with E-state index in [1.165, 1.54) is 0 Å². The van der Waals surface area contributed by atoms with Gasteiger partial charge >= 0.3 is 0 Å². The number of nitrogens with zero attached hydrogens (tertiary/aromatic N) is 1. The zero-order valence-corrected chi connectivity index (χ0v) is 21.1. The number of hydrogen-bond acceptors (Lipinski definition) is 6. The summed E-state index contributed by atoms with van der Waals surface area (Å²) in [6.07, 6.45) is -0.0349. The van der Waals surface area contributed by atoms with E-state index < -0.39 is 0 Å². The molecule has 0 radical (unpaired) electrons. The van der Waals surface area contributed by atoms with Crippen molar-refractivity contribution < 1.29 is 9.53 Å². The Morgan fingerprint density at radius 2 is 2.06 bits per heavy atom. The lowest BCUT2D eigenvalue weighted by atomic mass is 10.2. The summed E-state index contributed by atoms with van der Waals surface area (Å²) in [6.45, 7) is 3.50. The van der Waals surface area contributed by atoms with Gasteiger partial charge in [0.2, 0.25) is 5.91 Å². The minimum absolute atomic E-state index is 0.00381. The highest BCUT2D eigenvalue weighted by Gasteiger charge is 2.21. The van der Waals surface area contributed by atoms with Gasteiger partial charge in [-0.3, -0.25) is 9.69 Å². The molecule has 1 atom stereocenters. The van der Waals surface area contributed by atoms with E-state index in [1.54, 1.807) is 23.1 Å². The van der Waals surface area contributed by atoms with E-state index in [2.05, 4.69) is 16.3 Å². The summed E-state index contributed by atoms with van der Waals surface area (Å²) in [5.74, 6) is 0.375. The maximum absolute atomic E-state index is 12.4. The van der Waals surface area contributed by atoms with Crippen molar-refractivity contribution in [1.29, 1.82) is 0 Å². The van der Waals surface area contributed by atoms with E-state index in [4.69, 9.17) is 33.7 Å². The first-order valence-corrected chi connectivity index (χ1v) is 13.2. The monoisotopic (exact) mass is 521 g/mol. The third kappa shape index (κ3) is 7.12. The minimum Gasteiger partial charge on any atom is -0.399 e. The van der Waals surface area contributed by atoms with E-state index in [0.29, 0.717) is 28.9 Å². The van der Waals surface area contributed by atoms with Gasteiger partial charge in [-0.1, -0.05) is 41.4 Å². The van der Waals surface area contributed by atoms with Gasteiger partial charge in [-0.2, -0.15) is 0 Å². The van der Waals surface area contributed by atoms with Gasteiger partial charge in [0.1, 0.15) is 0 Å². The van der Waals surface area contributed by atoms with Gasteiger partial charge in [0.15, 0.2) is 0 Å². The summed E-state index contributed by atoms with van der Waals surface area (Å²) in [6, 6.07) is 17.6. The number of amides is 1. The van der Waals surface area contributed by atoms with Crippen LogP contribution in [0.4, 0.5) is 5.69 Å². The van der Waals surface area contributed by atoms with Crippen LogP contribution in [0.25, 0.3) is 10.4 Å². The molecule has 0 spiro atoms. The van der Waals surface area contributed by atoms with Crippen LogP contribution in [0, 0.1) is 0 Å². The fraction of sp³-hybridized carbons (Fsp3) is 0.292. The second kappa shape index (κ2) is 11.6. The number of nitrogens with two attached hydrogens (primary N) is 1. The highest BCUT2D eigenvalue weighted by atomic mass is 35.5. The van der Waals surface area contributed by atoms with Gasteiger partial charge in [0.25, 0.3) is 0 Å². The molecular formula is C24H25Cl2N3O2S2. The number of ether oxygens (including phenoxy) is 1. The van der Waals surface area contributed by atoms with Gasteiger partial charge in [-0.05, 0) is 47.5 Å². The van der Waals surface area contributed by atoms with E-state index >= 15 is 0 Å². The lowest BCUT2D eigenvalue weighted by Crippen LogP contribution is -2.47.